The van der Waals surface area contributed by atoms with Crippen LogP contribution >= 0.6 is 0 Å². The van der Waals surface area contributed by atoms with Crippen LogP contribution in [0.3, 0.4) is 0 Å². The second kappa shape index (κ2) is 6.07. The number of nitrogens with zero attached hydrogens (tertiary/aromatic N) is 2. The second-order valence-electron chi connectivity index (χ2n) is 5.61. The molecule has 0 aromatic carbocycles. The third-order valence-corrected chi connectivity index (χ3v) is 4.12. The Kier molecular flexibility index (Phi) is 4.42. The molecule has 0 atom stereocenters. The quantitative estimate of drug-likeness (QED) is 0.860. The Morgan fingerprint density at radius 3 is 2.65 bits per heavy atom. The highest BCUT2D eigenvalue weighted by Gasteiger charge is 2.41. The van der Waals surface area contributed by atoms with Gasteiger partial charge in [-0.3, -0.25) is 9.59 Å². The summed E-state index contributed by atoms with van der Waals surface area (Å²) in [6.45, 7) is 0.377. The normalized spacial score (nSPS) is 17.6. The SMILES string of the molecule is CN(Cc1ncc[nH]1)C(=O)CC1(C(=O)O)CCCCC1. The van der Waals surface area contributed by atoms with E-state index in [0.717, 1.165) is 19.3 Å². The first-order valence-corrected chi connectivity index (χ1v) is 6.99. The highest BCUT2D eigenvalue weighted by Crippen LogP contribution is 2.40. The minimum atomic E-state index is -0.868. The molecule has 2 N–H and O–H groups in total. The summed E-state index contributed by atoms with van der Waals surface area (Å²) in [5.41, 5.74) is -0.868. The van der Waals surface area contributed by atoms with Crippen molar-refractivity contribution < 1.29 is 14.7 Å². The Balaban J connectivity index is 1.99. The number of carboxylic acid groups (broad SMARTS) is 1. The largest absolute Gasteiger partial charge is 0.481 e. The zero-order valence-corrected chi connectivity index (χ0v) is 11.8. The molecule has 1 amide bonds. The van der Waals surface area contributed by atoms with Gasteiger partial charge >= 0.3 is 5.97 Å². The van der Waals surface area contributed by atoms with E-state index in [1.54, 1.807) is 19.4 Å². The number of aromatic amines is 1. The van der Waals surface area contributed by atoms with E-state index in [4.69, 9.17) is 0 Å². The van der Waals surface area contributed by atoms with Gasteiger partial charge in [0.25, 0.3) is 0 Å². The molecule has 1 aliphatic rings. The van der Waals surface area contributed by atoms with E-state index in [1.807, 2.05) is 0 Å². The van der Waals surface area contributed by atoms with Crippen LogP contribution in [-0.2, 0) is 16.1 Å². The molecule has 1 aromatic rings. The molecule has 0 spiro atoms. The van der Waals surface area contributed by atoms with Crippen molar-refractivity contribution >= 4 is 11.9 Å². The molecule has 0 unspecified atom stereocenters. The van der Waals surface area contributed by atoms with Crippen LogP contribution in [0.4, 0.5) is 0 Å². The van der Waals surface area contributed by atoms with E-state index in [1.165, 1.54) is 4.90 Å². The molecule has 1 aromatic heterocycles. The maximum Gasteiger partial charge on any atom is 0.310 e. The van der Waals surface area contributed by atoms with Crippen molar-refractivity contribution in [1.82, 2.24) is 14.9 Å². The minimum absolute atomic E-state index is 0.0829. The molecule has 1 aliphatic carbocycles. The molecule has 110 valence electrons. The summed E-state index contributed by atoms with van der Waals surface area (Å²) >= 11 is 0. The Morgan fingerprint density at radius 2 is 2.10 bits per heavy atom. The molecular formula is C14H21N3O3. The first-order valence-electron chi connectivity index (χ1n) is 6.99. The lowest BCUT2D eigenvalue weighted by molar-refractivity contribution is -0.155. The van der Waals surface area contributed by atoms with Gasteiger partial charge in [0.15, 0.2) is 0 Å². The Morgan fingerprint density at radius 1 is 1.40 bits per heavy atom. The number of carboxylic acids is 1. The number of imidazole rings is 1. The van der Waals surface area contributed by atoms with Crippen LogP contribution in [0.2, 0.25) is 0 Å². The van der Waals surface area contributed by atoms with E-state index >= 15 is 0 Å². The van der Waals surface area contributed by atoms with Crippen molar-refractivity contribution in [3.63, 3.8) is 0 Å². The average molecular weight is 279 g/mol. The van der Waals surface area contributed by atoms with Gasteiger partial charge in [-0.05, 0) is 12.8 Å². The highest BCUT2D eigenvalue weighted by atomic mass is 16.4. The number of amides is 1. The first kappa shape index (κ1) is 14.6. The van der Waals surface area contributed by atoms with Gasteiger partial charge in [0.1, 0.15) is 5.82 Å². The first-order chi connectivity index (χ1) is 9.53. The minimum Gasteiger partial charge on any atom is -0.481 e. The van der Waals surface area contributed by atoms with Crippen LogP contribution in [0.25, 0.3) is 0 Å². The van der Waals surface area contributed by atoms with Crippen molar-refractivity contribution in [2.75, 3.05) is 7.05 Å². The molecule has 20 heavy (non-hydrogen) atoms. The van der Waals surface area contributed by atoms with Crippen LogP contribution in [-0.4, -0.2) is 38.9 Å². The van der Waals surface area contributed by atoms with Gasteiger partial charge in [0.2, 0.25) is 5.91 Å². The van der Waals surface area contributed by atoms with Crippen molar-refractivity contribution in [3.05, 3.63) is 18.2 Å². The topological polar surface area (TPSA) is 86.3 Å². The fourth-order valence-corrected chi connectivity index (χ4v) is 2.82. The maximum absolute atomic E-state index is 12.3. The fraction of sp³-hybridized carbons (Fsp3) is 0.643. The monoisotopic (exact) mass is 279 g/mol. The molecular weight excluding hydrogens is 258 g/mol. The fourth-order valence-electron chi connectivity index (χ4n) is 2.82. The maximum atomic E-state index is 12.3. The lowest BCUT2D eigenvalue weighted by atomic mass is 9.71. The number of hydrogen-bond acceptors (Lipinski definition) is 3. The lowest BCUT2D eigenvalue weighted by Gasteiger charge is -2.33. The number of aromatic nitrogens is 2. The average Bonchev–Trinajstić information content (AvgIpc) is 2.92. The van der Waals surface area contributed by atoms with Crippen LogP contribution in [0, 0.1) is 5.41 Å². The van der Waals surface area contributed by atoms with Gasteiger partial charge in [0, 0.05) is 25.9 Å². The van der Waals surface area contributed by atoms with Gasteiger partial charge in [0.05, 0.1) is 12.0 Å². The summed E-state index contributed by atoms with van der Waals surface area (Å²) in [5, 5.41) is 9.49. The van der Waals surface area contributed by atoms with E-state index in [-0.39, 0.29) is 12.3 Å². The number of rotatable bonds is 5. The molecule has 0 aliphatic heterocycles. The van der Waals surface area contributed by atoms with Crippen LogP contribution in [0.5, 0.6) is 0 Å². The van der Waals surface area contributed by atoms with Crippen LogP contribution in [0.15, 0.2) is 12.4 Å². The second-order valence-corrected chi connectivity index (χ2v) is 5.61. The van der Waals surface area contributed by atoms with Gasteiger partial charge in [-0.25, -0.2) is 4.98 Å². The summed E-state index contributed by atoms with van der Waals surface area (Å²) in [5.74, 6) is -0.267. The molecule has 0 bridgehead atoms. The molecule has 6 heteroatoms. The number of carbonyl (C=O) groups is 2. The molecule has 1 fully saturated rings. The number of carbonyl (C=O) groups excluding carboxylic acids is 1. The van der Waals surface area contributed by atoms with Crippen molar-refractivity contribution in [2.45, 2.75) is 45.1 Å². The predicted octanol–water partition coefficient (Wildman–Crippen LogP) is 1.79. The van der Waals surface area contributed by atoms with E-state index in [2.05, 4.69) is 9.97 Å². The number of nitrogens with one attached hydrogen (secondary N) is 1. The Labute approximate surface area is 118 Å². The molecule has 0 saturated heterocycles. The summed E-state index contributed by atoms with van der Waals surface area (Å²) in [6.07, 6.45) is 7.46. The molecule has 0 radical (unpaired) electrons. The van der Waals surface area contributed by atoms with Gasteiger partial charge < -0.3 is 15.0 Å². The smallest absolute Gasteiger partial charge is 0.310 e. The lowest BCUT2D eigenvalue weighted by Crippen LogP contribution is -2.39. The van der Waals surface area contributed by atoms with Crippen molar-refractivity contribution in [2.24, 2.45) is 5.41 Å². The zero-order valence-electron chi connectivity index (χ0n) is 11.8. The molecule has 1 heterocycles. The number of hydrogen-bond donors (Lipinski definition) is 2. The summed E-state index contributed by atoms with van der Waals surface area (Å²) < 4.78 is 0. The van der Waals surface area contributed by atoms with E-state index in [0.29, 0.717) is 25.2 Å². The summed E-state index contributed by atoms with van der Waals surface area (Å²) in [6, 6.07) is 0. The standard InChI is InChI=1S/C14H21N3O3/c1-17(10-11-15-7-8-16-11)12(18)9-14(13(19)20)5-3-2-4-6-14/h7-8H,2-6,9-10H2,1H3,(H,15,16)(H,19,20). The number of aliphatic carboxylic acids is 1. The van der Waals surface area contributed by atoms with Crippen molar-refractivity contribution in [3.8, 4) is 0 Å². The van der Waals surface area contributed by atoms with E-state index < -0.39 is 11.4 Å². The van der Waals surface area contributed by atoms with Crippen molar-refractivity contribution in [1.29, 1.82) is 0 Å². The molecule has 2 rings (SSSR count). The Hall–Kier alpha value is -1.85. The summed E-state index contributed by atoms with van der Waals surface area (Å²) in [7, 11) is 1.68. The third-order valence-electron chi connectivity index (χ3n) is 4.12. The molecule has 1 saturated carbocycles. The van der Waals surface area contributed by atoms with Gasteiger partial charge in [-0.15, -0.1) is 0 Å². The predicted molar refractivity (Wildman–Crippen MR) is 72.8 cm³/mol. The van der Waals surface area contributed by atoms with Gasteiger partial charge in [-0.1, -0.05) is 19.3 Å². The number of H-pyrrole nitrogens is 1. The van der Waals surface area contributed by atoms with Crippen LogP contribution < -0.4 is 0 Å². The molecule has 6 nitrogen and oxygen atoms in total. The van der Waals surface area contributed by atoms with Gasteiger partial charge in [-0.2, -0.15) is 0 Å². The zero-order chi connectivity index (χ0) is 14.6. The third kappa shape index (κ3) is 3.18. The Bertz CT molecular complexity index is 464. The van der Waals surface area contributed by atoms with E-state index in [9.17, 15) is 14.7 Å². The summed E-state index contributed by atoms with van der Waals surface area (Å²) in [4.78, 5) is 32.4. The van der Waals surface area contributed by atoms with Crippen LogP contribution in [0.1, 0.15) is 44.3 Å². The highest BCUT2D eigenvalue weighted by molar-refractivity contribution is 5.85.